The standard InChI is InChI=1S/C21H32N2O3/c1-4-21(2,3)15-9-11-16(12-10-15)22-19(24)17-7-5-13-23(17)20(25)18-8-6-14-26-18/h6,8,14-17H,4-5,7,9-13H2,1-3H3,(H,22,24). The Morgan fingerprint density at radius 1 is 1.23 bits per heavy atom. The number of likely N-dealkylation sites (tertiary alicyclic amines) is 1. The third kappa shape index (κ3) is 3.97. The zero-order valence-corrected chi connectivity index (χ0v) is 16.3. The molecule has 0 spiro atoms. The van der Waals surface area contributed by atoms with Crippen LogP contribution < -0.4 is 5.32 Å². The lowest BCUT2D eigenvalue weighted by Gasteiger charge is -2.39. The molecule has 1 aromatic rings. The molecule has 0 bridgehead atoms. The van der Waals surface area contributed by atoms with E-state index in [1.54, 1.807) is 17.0 Å². The van der Waals surface area contributed by atoms with Gasteiger partial charge in [-0.2, -0.15) is 0 Å². The highest BCUT2D eigenvalue weighted by molar-refractivity contribution is 5.96. The largest absolute Gasteiger partial charge is 0.459 e. The second-order valence-electron chi connectivity index (χ2n) is 8.53. The van der Waals surface area contributed by atoms with Gasteiger partial charge in [-0.1, -0.05) is 27.2 Å². The number of hydrogen-bond donors (Lipinski definition) is 1. The van der Waals surface area contributed by atoms with Crippen molar-refractivity contribution >= 4 is 11.8 Å². The van der Waals surface area contributed by atoms with Crippen LogP contribution in [0.15, 0.2) is 22.8 Å². The fourth-order valence-corrected chi connectivity index (χ4v) is 4.43. The number of furan rings is 1. The van der Waals surface area contributed by atoms with Gasteiger partial charge in [0.05, 0.1) is 6.26 Å². The highest BCUT2D eigenvalue weighted by Crippen LogP contribution is 2.40. The van der Waals surface area contributed by atoms with Crippen molar-refractivity contribution in [3.8, 4) is 0 Å². The van der Waals surface area contributed by atoms with E-state index in [1.165, 1.54) is 25.5 Å². The van der Waals surface area contributed by atoms with Crippen molar-refractivity contribution in [3.63, 3.8) is 0 Å². The number of amides is 2. The molecule has 0 radical (unpaired) electrons. The Hall–Kier alpha value is -1.78. The molecule has 1 aliphatic heterocycles. The van der Waals surface area contributed by atoms with Gasteiger partial charge < -0.3 is 14.6 Å². The molecule has 5 nitrogen and oxygen atoms in total. The number of rotatable bonds is 5. The van der Waals surface area contributed by atoms with Crippen LogP contribution in [0.5, 0.6) is 0 Å². The Kier molecular flexibility index (Phi) is 5.73. The zero-order valence-electron chi connectivity index (χ0n) is 16.3. The van der Waals surface area contributed by atoms with Crippen molar-refractivity contribution in [2.45, 2.75) is 77.8 Å². The van der Waals surface area contributed by atoms with Crippen LogP contribution in [0.3, 0.4) is 0 Å². The van der Waals surface area contributed by atoms with Crippen molar-refractivity contribution < 1.29 is 14.0 Å². The van der Waals surface area contributed by atoms with Crippen LogP contribution in [0.25, 0.3) is 0 Å². The normalized spacial score (nSPS) is 26.7. The van der Waals surface area contributed by atoms with Crippen LogP contribution in [0.4, 0.5) is 0 Å². The van der Waals surface area contributed by atoms with Crippen molar-refractivity contribution in [3.05, 3.63) is 24.2 Å². The summed E-state index contributed by atoms with van der Waals surface area (Å²) in [5, 5.41) is 3.22. The fourth-order valence-electron chi connectivity index (χ4n) is 4.43. The van der Waals surface area contributed by atoms with Gasteiger partial charge in [0.15, 0.2) is 5.76 Å². The molecule has 1 aliphatic carbocycles. The third-order valence-electron chi connectivity index (χ3n) is 6.64. The Labute approximate surface area is 156 Å². The second kappa shape index (κ2) is 7.85. The number of nitrogens with zero attached hydrogens (tertiary/aromatic N) is 1. The molecular weight excluding hydrogens is 328 g/mol. The van der Waals surface area contributed by atoms with E-state index in [9.17, 15) is 9.59 Å². The SMILES string of the molecule is CCC(C)(C)C1CCC(NC(=O)C2CCCN2C(=O)c2ccco2)CC1. The molecule has 144 valence electrons. The fraction of sp³-hybridized carbons (Fsp3) is 0.714. The van der Waals surface area contributed by atoms with Crippen LogP contribution in [-0.2, 0) is 4.79 Å². The van der Waals surface area contributed by atoms with Crippen molar-refractivity contribution in [1.82, 2.24) is 10.2 Å². The molecule has 1 saturated heterocycles. The van der Waals surface area contributed by atoms with Crippen molar-refractivity contribution in [2.75, 3.05) is 6.54 Å². The minimum atomic E-state index is -0.364. The Bertz CT molecular complexity index is 615. The quantitative estimate of drug-likeness (QED) is 0.863. The first kappa shape index (κ1) is 19.0. The van der Waals surface area contributed by atoms with Crippen LogP contribution in [0, 0.1) is 11.3 Å². The maximum atomic E-state index is 12.8. The van der Waals surface area contributed by atoms with E-state index in [-0.39, 0.29) is 23.9 Å². The molecule has 2 heterocycles. The molecule has 5 heteroatoms. The third-order valence-corrected chi connectivity index (χ3v) is 6.64. The molecule has 26 heavy (non-hydrogen) atoms. The maximum absolute atomic E-state index is 12.8. The van der Waals surface area contributed by atoms with E-state index >= 15 is 0 Å². The summed E-state index contributed by atoms with van der Waals surface area (Å²) in [6.07, 6.45) is 8.71. The van der Waals surface area contributed by atoms with Gasteiger partial charge in [-0.3, -0.25) is 9.59 Å². The van der Waals surface area contributed by atoms with E-state index in [0.717, 1.165) is 31.6 Å². The van der Waals surface area contributed by atoms with Crippen molar-refractivity contribution in [2.24, 2.45) is 11.3 Å². The van der Waals surface area contributed by atoms with Crippen LogP contribution in [-0.4, -0.2) is 35.3 Å². The van der Waals surface area contributed by atoms with Gasteiger partial charge in [-0.05, 0) is 62.0 Å². The molecule has 1 atom stereocenters. The smallest absolute Gasteiger partial charge is 0.290 e. The number of carbonyl (C=O) groups is 2. The molecule has 0 aromatic carbocycles. The van der Waals surface area contributed by atoms with E-state index in [0.29, 0.717) is 17.7 Å². The predicted octanol–water partition coefficient (Wildman–Crippen LogP) is 4.00. The van der Waals surface area contributed by atoms with Gasteiger partial charge in [-0.15, -0.1) is 0 Å². The summed E-state index contributed by atoms with van der Waals surface area (Å²) in [5.41, 5.74) is 0.382. The van der Waals surface area contributed by atoms with Crippen LogP contribution in [0.1, 0.15) is 76.3 Å². The van der Waals surface area contributed by atoms with Gasteiger partial charge in [0.25, 0.3) is 5.91 Å². The van der Waals surface area contributed by atoms with Crippen LogP contribution >= 0.6 is 0 Å². The second-order valence-corrected chi connectivity index (χ2v) is 8.53. The summed E-state index contributed by atoms with van der Waals surface area (Å²) >= 11 is 0. The van der Waals surface area contributed by atoms with Gasteiger partial charge in [0.1, 0.15) is 6.04 Å². The molecule has 2 amide bonds. The summed E-state index contributed by atoms with van der Waals surface area (Å²) < 4.78 is 5.22. The average molecular weight is 360 g/mol. The monoisotopic (exact) mass is 360 g/mol. The Morgan fingerprint density at radius 3 is 2.58 bits per heavy atom. The summed E-state index contributed by atoms with van der Waals surface area (Å²) in [7, 11) is 0. The number of carbonyl (C=O) groups excluding carboxylic acids is 2. The number of hydrogen-bond acceptors (Lipinski definition) is 3. The van der Waals surface area contributed by atoms with Crippen LogP contribution in [0.2, 0.25) is 0 Å². The first-order chi connectivity index (χ1) is 12.4. The lowest BCUT2D eigenvalue weighted by molar-refractivity contribution is -0.125. The Balaban J connectivity index is 1.54. The average Bonchev–Trinajstić information content (AvgIpc) is 3.33. The molecule has 2 aliphatic rings. The first-order valence-electron chi connectivity index (χ1n) is 10.1. The van der Waals surface area contributed by atoms with E-state index in [1.807, 2.05) is 0 Å². The summed E-state index contributed by atoms with van der Waals surface area (Å²) in [5.74, 6) is 0.873. The highest BCUT2D eigenvalue weighted by Gasteiger charge is 2.37. The summed E-state index contributed by atoms with van der Waals surface area (Å²) in [4.78, 5) is 27.0. The molecule has 1 unspecified atom stereocenters. The molecule has 2 fully saturated rings. The topological polar surface area (TPSA) is 62.6 Å². The van der Waals surface area contributed by atoms with E-state index < -0.39 is 0 Å². The number of nitrogens with one attached hydrogen (secondary N) is 1. The summed E-state index contributed by atoms with van der Waals surface area (Å²) in [6.45, 7) is 7.59. The van der Waals surface area contributed by atoms with Gasteiger partial charge >= 0.3 is 0 Å². The lowest BCUT2D eigenvalue weighted by atomic mass is 9.69. The molecule has 3 rings (SSSR count). The minimum Gasteiger partial charge on any atom is -0.459 e. The Morgan fingerprint density at radius 2 is 1.96 bits per heavy atom. The van der Waals surface area contributed by atoms with E-state index in [2.05, 4.69) is 26.1 Å². The van der Waals surface area contributed by atoms with Gasteiger partial charge in [-0.25, -0.2) is 0 Å². The zero-order chi connectivity index (χ0) is 18.7. The van der Waals surface area contributed by atoms with Gasteiger partial charge in [0, 0.05) is 12.6 Å². The maximum Gasteiger partial charge on any atom is 0.290 e. The molecule has 1 aromatic heterocycles. The highest BCUT2D eigenvalue weighted by atomic mass is 16.3. The molecular formula is C21H32N2O3. The lowest BCUT2D eigenvalue weighted by Crippen LogP contribution is -2.49. The van der Waals surface area contributed by atoms with Gasteiger partial charge in [0.2, 0.25) is 5.91 Å². The first-order valence-corrected chi connectivity index (χ1v) is 10.1. The summed E-state index contributed by atoms with van der Waals surface area (Å²) in [6, 6.07) is 3.24. The molecule has 1 saturated carbocycles. The van der Waals surface area contributed by atoms with Crippen molar-refractivity contribution in [1.29, 1.82) is 0 Å². The molecule has 1 N–H and O–H groups in total. The predicted molar refractivity (Wildman–Crippen MR) is 101 cm³/mol. The minimum absolute atomic E-state index is 0.000563. The van der Waals surface area contributed by atoms with E-state index in [4.69, 9.17) is 4.42 Å².